The van der Waals surface area contributed by atoms with Crippen LogP contribution in [-0.4, -0.2) is 32.7 Å². The van der Waals surface area contributed by atoms with Crippen LogP contribution < -0.4 is 0 Å². The molecule has 0 spiro atoms. The van der Waals surface area contributed by atoms with Crippen molar-refractivity contribution >= 4 is 69.5 Å². The lowest BCUT2D eigenvalue weighted by Crippen LogP contribution is -2.30. The van der Waals surface area contributed by atoms with E-state index in [0.717, 1.165) is 17.3 Å². The van der Waals surface area contributed by atoms with Gasteiger partial charge in [0.1, 0.15) is 15.8 Å². The highest BCUT2D eigenvalue weighted by Crippen LogP contribution is 2.34. The lowest BCUT2D eigenvalue weighted by molar-refractivity contribution is -0.137. The number of halogens is 2. The standard InChI is InChI=1S/C17H11Cl2NO4S2/c18-10-5-9(6-11(19)7-10)13-2-1-12(24-13)8-14-16(23)20(17(25)26-14)4-3-15(21)22/h1-2,5-8H,3-4H2,(H,21,22)/b14-8+. The number of rotatable bonds is 5. The molecule has 26 heavy (non-hydrogen) atoms. The van der Waals surface area contributed by atoms with Crippen molar-refractivity contribution in [3.05, 3.63) is 51.0 Å². The first-order valence-corrected chi connectivity index (χ1v) is 9.35. The second-order valence-corrected chi connectivity index (χ2v) is 7.89. The number of thiocarbonyl (C=S) groups is 1. The van der Waals surface area contributed by atoms with E-state index in [2.05, 4.69) is 0 Å². The Kier molecular flexibility index (Phi) is 5.72. The molecule has 1 aliphatic heterocycles. The SMILES string of the molecule is O=C(O)CCN1C(=O)/C(=C\c2ccc(-c3cc(Cl)cc(Cl)c3)o2)SC1=S. The van der Waals surface area contributed by atoms with Gasteiger partial charge in [0.25, 0.3) is 5.91 Å². The van der Waals surface area contributed by atoms with Crippen molar-refractivity contribution in [2.45, 2.75) is 6.42 Å². The zero-order valence-corrected chi connectivity index (χ0v) is 16.2. The van der Waals surface area contributed by atoms with Gasteiger partial charge in [-0.1, -0.05) is 47.2 Å². The second kappa shape index (κ2) is 7.84. The topological polar surface area (TPSA) is 70.8 Å². The zero-order valence-electron chi connectivity index (χ0n) is 13.1. The molecule has 2 heterocycles. The van der Waals surface area contributed by atoms with E-state index in [9.17, 15) is 9.59 Å². The number of carboxylic acid groups (broad SMARTS) is 1. The zero-order chi connectivity index (χ0) is 18.8. The quantitative estimate of drug-likeness (QED) is 0.538. The number of hydrogen-bond donors (Lipinski definition) is 1. The Labute approximate surface area is 168 Å². The highest BCUT2D eigenvalue weighted by Gasteiger charge is 2.32. The van der Waals surface area contributed by atoms with Crippen LogP contribution >= 0.6 is 47.2 Å². The van der Waals surface area contributed by atoms with E-state index in [1.54, 1.807) is 36.4 Å². The third kappa shape index (κ3) is 4.29. The molecule has 0 atom stereocenters. The van der Waals surface area contributed by atoms with Gasteiger partial charge in [0.2, 0.25) is 0 Å². The molecule has 1 saturated heterocycles. The molecule has 1 N–H and O–H groups in total. The smallest absolute Gasteiger partial charge is 0.305 e. The van der Waals surface area contributed by atoms with E-state index in [1.165, 1.54) is 4.90 Å². The molecule has 1 aromatic carbocycles. The third-order valence-corrected chi connectivity index (χ3v) is 5.28. The van der Waals surface area contributed by atoms with E-state index in [4.69, 9.17) is 44.9 Å². The van der Waals surface area contributed by atoms with Crippen molar-refractivity contribution in [1.29, 1.82) is 0 Å². The van der Waals surface area contributed by atoms with E-state index in [1.807, 2.05) is 0 Å². The van der Waals surface area contributed by atoms with Crippen LogP contribution in [0.3, 0.4) is 0 Å². The molecule has 0 aliphatic carbocycles. The van der Waals surface area contributed by atoms with Crippen LogP contribution in [-0.2, 0) is 9.59 Å². The van der Waals surface area contributed by atoms with Crippen LogP contribution in [0.5, 0.6) is 0 Å². The van der Waals surface area contributed by atoms with E-state index in [-0.39, 0.29) is 18.9 Å². The van der Waals surface area contributed by atoms with Gasteiger partial charge in [0.15, 0.2) is 0 Å². The van der Waals surface area contributed by atoms with Crippen LogP contribution in [0.1, 0.15) is 12.2 Å². The average Bonchev–Trinajstić information content (AvgIpc) is 3.11. The Morgan fingerprint density at radius 1 is 1.27 bits per heavy atom. The molecular formula is C17H11Cl2NO4S2. The minimum Gasteiger partial charge on any atom is -0.481 e. The molecule has 9 heteroatoms. The molecule has 1 amide bonds. The molecule has 2 aromatic rings. The molecular weight excluding hydrogens is 417 g/mol. The maximum absolute atomic E-state index is 12.4. The van der Waals surface area contributed by atoms with Crippen LogP contribution in [0.4, 0.5) is 0 Å². The fourth-order valence-electron chi connectivity index (χ4n) is 2.31. The van der Waals surface area contributed by atoms with E-state index >= 15 is 0 Å². The molecule has 0 unspecified atom stereocenters. The minimum atomic E-state index is -0.987. The largest absolute Gasteiger partial charge is 0.481 e. The molecule has 5 nitrogen and oxygen atoms in total. The summed E-state index contributed by atoms with van der Waals surface area (Å²) in [5, 5.41) is 9.74. The summed E-state index contributed by atoms with van der Waals surface area (Å²) in [7, 11) is 0. The fourth-order valence-corrected chi connectivity index (χ4v) is 4.13. The van der Waals surface area contributed by atoms with Gasteiger partial charge in [0.05, 0.1) is 11.3 Å². The maximum Gasteiger partial charge on any atom is 0.305 e. The summed E-state index contributed by atoms with van der Waals surface area (Å²) >= 11 is 18.3. The predicted octanol–water partition coefficient (Wildman–Crippen LogP) is 4.93. The molecule has 3 rings (SSSR count). The number of aliphatic carboxylic acids is 1. The van der Waals surface area contributed by atoms with Crippen molar-refractivity contribution in [3.63, 3.8) is 0 Å². The highest BCUT2D eigenvalue weighted by molar-refractivity contribution is 8.26. The third-order valence-electron chi connectivity index (χ3n) is 3.47. The van der Waals surface area contributed by atoms with Gasteiger partial charge in [-0.15, -0.1) is 0 Å². The number of carbonyl (C=O) groups excluding carboxylic acids is 1. The summed E-state index contributed by atoms with van der Waals surface area (Å²) in [6.07, 6.45) is 1.41. The summed E-state index contributed by atoms with van der Waals surface area (Å²) < 4.78 is 6.07. The van der Waals surface area contributed by atoms with E-state index < -0.39 is 5.97 Å². The number of nitrogens with zero attached hydrogens (tertiary/aromatic N) is 1. The van der Waals surface area contributed by atoms with Gasteiger partial charge in [-0.2, -0.15) is 0 Å². The first-order chi connectivity index (χ1) is 12.3. The molecule has 1 aliphatic rings. The van der Waals surface area contributed by atoms with Crippen LogP contribution in [0.2, 0.25) is 10.0 Å². The van der Waals surface area contributed by atoms with Crippen LogP contribution in [0.25, 0.3) is 17.4 Å². The second-order valence-electron chi connectivity index (χ2n) is 5.34. The van der Waals surface area contributed by atoms with Gasteiger partial charge >= 0.3 is 5.97 Å². The Balaban J connectivity index is 1.81. The number of carbonyl (C=O) groups is 2. The average molecular weight is 428 g/mol. The maximum atomic E-state index is 12.4. The molecule has 134 valence electrons. The van der Waals surface area contributed by atoms with E-state index in [0.29, 0.717) is 30.8 Å². The van der Waals surface area contributed by atoms with Gasteiger partial charge in [-0.25, -0.2) is 0 Å². The summed E-state index contributed by atoms with van der Waals surface area (Å²) in [5.41, 5.74) is 0.719. The summed E-state index contributed by atoms with van der Waals surface area (Å²) in [6, 6.07) is 8.54. The Morgan fingerprint density at radius 3 is 2.62 bits per heavy atom. The molecule has 1 fully saturated rings. The molecule has 1 aromatic heterocycles. The Morgan fingerprint density at radius 2 is 1.96 bits per heavy atom. The molecule has 0 radical (unpaired) electrons. The molecule has 0 bridgehead atoms. The summed E-state index contributed by atoms with van der Waals surface area (Å²) in [5.74, 6) is -0.291. The number of benzene rings is 1. The lowest BCUT2D eigenvalue weighted by Gasteiger charge is -2.12. The number of thioether (sulfide) groups is 1. The number of hydrogen-bond acceptors (Lipinski definition) is 5. The van der Waals surface area contributed by atoms with Crippen molar-refractivity contribution < 1.29 is 19.1 Å². The van der Waals surface area contributed by atoms with Crippen LogP contribution in [0.15, 0.2) is 39.7 Å². The first kappa shape index (κ1) is 19.0. The summed E-state index contributed by atoms with van der Waals surface area (Å²) in [6.45, 7) is 0.0434. The van der Waals surface area contributed by atoms with Gasteiger partial charge in [-0.3, -0.25) is 14.5 Å². The first-order valence-electron chi connectivity index (χ1n) is 7.37. The number of carboxylic acids is 1. The van der Waals surface area contributed by atoms with Crippen molar-refractivity contribution in [1.82, 2.24) is 4.90 Å². The molecule has 0 saturated carbocycles. The minimum absolute atomic E-state index is 0.0434. The van der Waals surface area contributed by atoms with Gasteiger partial charge in [0, 0.05) is 28.2 Å². The monoisotopic (exact) mass is 427 g/mol. The summed E-state index contributed by atoms with van der Waals surface area (Å²) in [4.78, 5) is 24.7. The number of amides is 1. The predicted molar refractivity (Wildman–Crippen MR) is 106 cm³/mol. The van der Waals surface area contributed by atoms with Crippen molar-refractivity contribution in [3.8, 4) is 11.3 Å². The normalized spacial score (nSPS) is 15.9. The highest BCUT2D eigenvalue weighted by atomic mass is 35.5. The van der Waals surface area contributed by atoms with Crippen molar-refractivity contribution in [2.24, 2.45) is 0 Å². The Bertz CT molecular complexity index is 918. The Hall–Kier alpha value is -1.80. The van der Waals surface area contributed by atoms with Crippen LogP contribution in [0, 0.1) is 0 Å². The van der Waals surface area contributed by atoms with Crippen molar-refractivity contribution in [2.75, 3.05) is 6.54 Å². The fraction of sp³-hybridized carbons (Fsp3) is 0.118. The number of furan rings is 1. The van der Waals surface area contributed by atoms with Gasteiger partial charge in [-0.05, 0) is 30.3 Å². The lowest BCUT2D eigenvalue weighted by atomic mass is 10.2. The van der Waals surface area contributed by atoms with Gasteiger partial charge < -0.3 is 9.52 Å².